The van der Waals surface area contributed by atoms with Crippen molar-refractivity contribution in [2.45, 2.75) is 81.8 Å². The van der Waals surface area contributed by atoms with Gasteiger partial charge in [0.2, 0.25) is 10.0 Å². The third-order valence-corrected chi connectivity index (χ3v) is 11.5. The molecule has 4 heterocycles. The van der Waals surface area contributed by atoms with Crippen LogP contribution in [0.25, 0.3) is 11.0 Å². The fraction of sp³-hybridized carbons (Fsp3) is 0.455. The number of aryl methyl sites for hydroxylation is 1. The van der Waals surface area contributed by atoms with Crippen molar-refractivity contribution < 1.29 is 27.1 Å². The van der Waals surface area contributed by atoms with Crippen LogP contribution in [0.5, 0.6) is 0 Å². The average molecular weight is 651 g/mol. The monoisotopic (exact) mass is 650 g/mol. The minimum absolute atomic E-state index is 0.0309. The Labute approximate surface area is 266 Å². The molecule has 2 fully saturated rings. The number of rotatable bonds is 9. The second-order valence-electron chi connectivity index (χ2n) is 12.8. The van der Waals surface area contributed by atoms with Crippen LogP contribution in [0.1, 0.15) is 78.7 Å². The molecule has 1 N–H and O–H groups in total. The number of fused-ring (bicyclic) bond motifs is 4. The maximum absolute atomic E-state index is 14.8. The van der Waals surface area contributed by atoms with Gasteiger partial charge in [-0.1, -0.05) is 29.5 Å². The number of carboxylic acid groups (broad SMARTS) is 1. The van der Waals surface area contributed by atoms with Crippen molar-refractivity contribution >= 4 is 32.8 Å². The van der Waals surface area contributed by atoms with Gasteiger partial charge in [0, 0.05) is 44.3 Å². The van der Waals surface area contributed by atoms with Gasteiger partial charge < -0.3 is 10.0 Å². The Morgan fingerprint density at radius 3 is 2.70 bits per heavy atom. The molecule has 4 aromatic rings. The molecule has 242 valence electrons. The van der Waals surface area contributed by atoms with Gasteiger partial charge in [-0.05, 0) is 85.4 Å². The summed E-state index contributed by atoms with van der Waals surface area (Å²) in [6, 6.07) is 11.8. The summed E-state index contributed by atoms with van der Waals surface area (Å²) in [5.41, 5.74) is 2.46. The van der Waals surface area contributed by atoms with Crippen molar-refractivity contribution in [1.82, 2.24) is 24.3 Å². The van der Waals surface area contributed by atoms with E-state index in [1.165, 1.54) is 4.31 Å². The Kier molecular flexibility index (Phi) is 8.00. The molecule has 10 nitrogen and oxygen atoms in total. The molecule has 0 radical (unpaired) electrons. The number of nitrogens with zero attached hydrogens (tertiary/aromatic N) is 6. The number of benzene rings is 2. The highest BCUT2D eigenvalue weighted by atomic mass is 32.2. The van der Waals surface area contributed by atoms with Crippen molar-refractivity contribution in [3.05, 3.63) is 76.5 Å². The zero-order valence-corrected chi connectivity index (χ0v) is 26.3. The van der Waals surface area contributed by atoms with Gasteiger partial charge in [0.05, 0.1) is 17.5 Å². The Hall–Kier alpha value is -3.97. The van der Waals surface area contributed by atoms with E-state index in [1.54, 1.807) is 53.3 Å². The fourth-order valence-electron chi connectivity index (χ4n) is 7.03. The lowest BCUT2D eigenvalue weighted by Crippen LogP contribution is -2.45. The van der Waals surface area contributed by atoms with Crippen LogP contribution in [0.3, 0.4) is 0 Å². The van der Waals surface area contributed by atoms with Crippen LogP contribution >= 0.6 is 0 Å². The summed E-state index contributed by atoms with van der Waals surface area (Å²) in [6.45, 7) is 3.54. The SMILES string of the molecule is Cc1ccc([C@@H](CC(=O)O)c2ccc3c(nnn3CC3CC3)c2C(F)F)cc1CN1CC2CCCCN2c2ncccc2S1(=O)=O. The Morgan fingerprint density at radius 2 is 1.93 bits per heavy atom. The maximum Gasteiger partial charge on any atom is 0.304 e. The molecule has 1 saturated carbocycles. The Bertz CT molecular complexity index is 1910. The van der Waals surface area contributed by atoms with E-state index in [0.29, 0.717) is 34.9 Å². The standard InChI is InChI=1S/C33H36F2N6O4S/c1-20-7-10-22(15-23(20)18-39-19-24-5-2-3-14-40(24)33-28(46(39,44)45)6-4-13-36-33)26(16-29(42)43)25-11-12-27-31(30(25)32(34)35)37-38-41(27)17-21-8-9-21/h4,6-7,10-13,15,21,24,26,32H,2-3,5,8-9,14,16-19H2,1H3,(H,42,43)/t24?,26-/m1/s1. The topological polar surface area (TPSA) is 122 Å². The van der Waals surface area contributed by atoms with Gasteiger partial charge in [0.15, 0.2) is 0 Å². The number of aliphatic carboxylic acids is 1. The minimum Gasteiger partial charge on any atom is -0.481 e. The summed E-state index contributed by atoms with van der Waals surface area (Å²) < 4.78 is 60.8. The molecule has 2 aromatic carbocycles. The van der Waals surface area contributed by atoms with Gasteiger partial charge in [0.25, 0.3) is 6.43 Å². The van der Waals surface area contributed by atoms with E-state index in [1.807, 2.05) is 6.92 Å². The van der Waals surface area contributed by atoms with Crippen LogP contribution in [-0.2, 0) is 27.9 Å². The lowest BCUT2D eigenvalue weighted by Gasteiger charge is -2.36. The summed E-state index contributed by atoms with van der Waals surface area (Å²) in [6.07, 6.45) is 3.21. The van der Waals surface area contributed by atoms with E-state index >= 15 is 0 Å². The number of aromatic nitrogens is 4. The van der Waals surface area contributed by atoms with Gasteiger partial charge in [-0.25, -0.2) is 26.9 Å². The number of anilines is 1. The molecule has 2 aromatic heterocycles. The Morgan fingerprint density at radius 1 is 1.11 bits per heavy atom. The number of carboxylic acids is 1. The number of sulfonamides is 1. The maximum atomic E-state index is 14.8. The van der Waals surface area contributed by atoms with Crippen LogP contribution in [0, 0.1) is 12.8 Å². The number of alkyl halides is 2. The van der Waals surface area contributed by atoms with Crippen LogP contribution in [0.15, 0.2) is 53.6 Å². The Balaban J connectivity index is 1.28. The fourth-order valence-corrected chi connectivity index (χ4v) is 8.63. The van der Waals surface area contributed by atoms with Crippen molar-refractivity contribution in [1.29, 1.82) is 0 Å². The summed E-state index contributed by atoms with van der Waals surface area (Å²) >= 11 is 0. The first kappa shape index (κ1) is 30.7. The van der Waals surface area contributed by atoms with Crippen LogP contribution < -0.4 is 4.90 Å². The first-order valence-electron chi connectivity index (χ1n) is 15.8. The van der Waals surface area contributed by atoms with Crippen molar-refractivity contribution in [3.8, 4) is 0 Å². The van der Waals surface area contributed by atoms with E-state index in [9.17, 15) is 27.1 Å². The van der Waals surface area contributed by atoms with Gasteiger partial charge in [0.1, 0.15) is 16.2 Å². The minimum atomic E-state index is -3.92. The molecule has 2 aliphatic heterocycles. The molecular weight excluding hydrogens is 614 g/mol. The second-order valence-corrected chi connectivity index (χ2v) is 14.7. The molecule has 2 atom stereocenters. The van der Waals surface area contributed by atoms with E-state index in [0.717, 1.165) is 44.2 Å². The predicted molar refractivity (Wildman–Crippen MR) is 167 cm³/mol. The third-order valence-electron chi connectivity index (χ3n) is 9.67. The van der Waals surface area contributed by atoms with E-state index in [4.69, 9.17) is 0 Å². The zero-order chi connectivity index (χ0) is 32.2. The van der Waals surface area contributed by atoms with Crippen LogP contribution in [0.4, 0.5) is 14.6 Å². The summed E-state index contributed by atoms with van der Waals surface area (Å²) in [5.74, 6) is -1.12. The quantitative estimate of drug-likeness (QED) is 0.247. The lowest BCUT2D eigenvalue weighted by atomic mass is 9.84. The molecule has 0 amide bonds. The average Bonchev–Trinajstić information content (AvgIpc) is 3.78. The molecule has 3 aliphatic rings. The number of pyridine rings is 1. The van der Waals surface area contributed by atoms with E-state index in [2.05, 4.69) is 20.2 Å². The van der Waals surface area contributed by atoms with Crippen LogP contribution in [-0.4, -0.2) is 62.9 Å². The van der Waals surface area contributed by atoms with Gasteiger partial charge in [-0.3, -0.25) is 4.79 Å². The van der Waals surface area contributed by atoms with Gasteiger partial charge >= 0.3 is 5.97 Å². The van der Waals surface area contributed by atoms with Crippen molar-refractivity contribution in [2.75, 3.05) is 18.0 Å². The first-order chi connectivity index (χ1) is 22.1. The summed E-state index contributed by atoms with van der Waals surface area (Å²) in [5, 5.41) is 18.2. The molecule has 1 unspecified atom stereocenters. The zero-order valence-electron chi connectivity index (χ0n) is 25.5. The smallest absolute Gasteiger partial charge is 0.304 e. The summed E-state index contributed by atoms with van der Waals surface area (Å²) in [7, 11) is -3.92. The number of carbonyl (C=O) groups is 1. The highest BCUT2D eigenvalue weighted by Gasteiger charge is 2.39. The van der Waals surface area contributed by atoms with Gasteiger partial charge in [-0.15, -0.1) is 5.10 Å². The third kappa shape index (κ3) is 5.63. The highest BCUT2D eigenvalue weighted by molar-refractivity contribution is 7.89. The van der Waals surface area contributed by atoms with E-state index < -0.39 is 34.8 Å². The van der Waals surface area contributed by atoms with Gasteiger partial charge in [-0.2, -0.15) is 4.31 Å². The second kappa shape index (κ2) is 12.0. The molecule has 0 bridgehead atoms. The number of hydrogen-bond acceptors (Lipinski definition) is 7. The van der Waals surface area contributed by atoms with Crippen LogP contribution in [0.2, 0.25) is 0 Å². The van der Waals surface area contributed by atoms with Crippen molar-refractivity contribution in [3.63, 3.8) is 0 Å². The number of hydrogen-bond donors (Lipinski definition) is 1. The predicted octanol–water partition coefficient (Wildman–Crippen LogP) is 5.65. The normalized spacial score (nSPS) is 20.3. The number of piperidine rings is 1. The molecule has 46 heavy (non-hydrogen) atoms. The molecule has 1 saturated heterocycles. The molecule has 0 spiro atoms. The first-order valence-corrected chi connectivity index (χ1v) is 17.2. The summed E-state index contributed by atoms with van der Waals surface area (Å²) in [4.78, 5) is 18.9. The van der Waals surface area contributed by atoms with Crippen molar-refractivity contribution in [2.24, 2.45) is 5.92 Å². The lowest BCUT2D eigenvalue weighted by molar-refractivity contribution is -0.137. The number of halogens is 2. The van der Waals surface area contributed by atoms with E-state index in [-0.39, 0.29) is 40.7 Å². The molecule has 7 rings (SSSR count). The molecule has 1 aliphatic carbocycles. The molecule has 13 heteroatoms. The highest BCUT2D eigenvalue weighted by Crippen LogP contribution is 2.41. The largest absolute Gasteiger partial charge is 0.481 e. The molecular formula is C33H36F2N6O4S.